The van der Waals surface area contributed by atoms with Gasteiger partial charge in [-0.15, -0.1) is 10.2 Å². The molecular formula is C17H21F3N4O2. The largest absolute Gasteiger partial charge is 0.463 e. The standard InChI is InChI=1S/C17H21F3N4O2/c18-17(19,20)13-10-14(15-5-2-9-26-15)22-23-16(13)21-12-4-1-6-24(11-12)7-3-8-25/h2,5,9-10,12,25H,1,3-4,6-8,11H2,(H,21,23). The summed E-state index contributed by atoms with van der Waals surface area (Å²) in [5.74, 6) is -0.0239. The first-order chi connectivity index (χ1) is 12.5. The maximum Gasteiger partial charge on any atom is 0.420 e. The summed E-state index contributed by atoms with van der Waals surface area (Å²) in [6, 6.07) is 3.93. The van der Waals surface area contributed by atoms with Gasteiger partial charge in [0.15, 0.2) is 11.6 Å². The van der Waals surface area contributed by atoms with E-state index in [1.807, 2.05) is 0 Å². The predicted octanol–water partition coefficient (Wildman–Crippen LogP) is 3.01. The lowest BCUT2D eigenvalue weighted by Gasteiger charge is -2.33. The van der Waals surface area contributed by atoms with E-state index in [9.17, 15) is 13.2 Å². The molecule has 1 fully saturated rings. The number of rotatable bonds is 6. The van der Waals surface area contributed by atoms with Crippen LogP contribution in [0.15, 0.2) is 28.9 Å². The fourth-order valence-corrected chi connectivity index (χ4v) is 3.12. The molecule has 0 radical (unpaired) electrons. The minimum absolute atomic E-state index is 0.0427. The van der Waals surface area contributed by atoms with E-state index in [4.69, 9.17) is 9.52 Å². The van der Waals surface area contributed by atoms with E-state index in [2.05, 4.69) is 20.4 Å². The Hall–Kier alpha value is -2.13. The lowest BCUT2D eigenvalue weighted by Crippen LogP contribution is -2.43. The fourth-order valence-electron chi connectivity index (χ4n) is 3.12. The molecule has 2 N–H and O–H groups in total. The summed E-state index contributed by atoms with van der Waals surface area (Å²) in [6.07, 6.45) is -0.890. The highest BCUT2D eigenvalue weighted by Gasteiger charge is 2.36. The second-order valence-electron chi connectivity index (χ2n) is 6.33. The first kappa shape index (κ1) is 18.7. The van der Waals surface area contributed by atoms with Crippen molar-refractivity contribution in [3.8, 4) is 11.5 Å². The van der Waals surface area contributed by atoms with Crippen LogP contribution in [-0.2, 0) is 6.18 Å². The number of hydrogen-bond acceptors (Lipinski definition) is 6. The quantitative estimate of drug-likeness (QED) is 0.814. The molecule has 1 atom stereocenters. The van der Waals surface area contributed by atoms with E-state index in [0.717, 1.165) is 32.0 Å². The molecule has 2 aromatic rings. The Morgan fingerprint density at radius 1 is 1.35 bits per heavy atom. The summed E-state index contributed by atoms with van der Waals surface area (Å²) in [7, 11) is 0. The van der Waals surface area contributed by atoms with Gasteiger partial charge in [-0.3, -0.25) is 0 Å². The maximum absolute atomic E-state index is 13.5. The van der Waals surface area contributed by atoms with Gasteiger partial charge in [0.1, 0.15) is 11.3 Å². The van der Waals surface area contributed by atoms with Crippen molar-refractivity contribution in [3.63, 3.8) is 0 Å². The second kappa shape index (κ2) is 8.05. The van der Waals surface area contributed by atoms with Gasteiger partial charge in [0.25, 0.3) is 0 Å². The van der Waals surface area contributed by atoms with Gasteiger partial charge in [0.2, 0.25) is 0 Å². The molecule has 3 rings (SSSR count). The highest BCUT2D eigenvalue weighted by Crippen LogP contribution is 2.36. The number of aliphatic hydroxyl groups excluding tert-OH is 1. The Bertz CT molecular complexity index is 707. The van der Waals surface area contributed by atoms with Crippen molar-refractivity contribution < 1.29 is 22.7 Å². The molecule has 6 nitrogen and oxygen atoms in total. The summed E-state index contributed by atoms with van der Waals surface area (Å²) in [4.78, 5) is 2.13. The monoisotopic (exact) mass is 370 g/mol. The minimum Gasteiger partial charge on any atom is -0.463 e. The third-order valence-electron chi connectivity index (χ3n) is 4.35. The van der Waals surface area contributed by atoms with Crippen LogP contribution in [0.1, 0.15) is 24.8 Å². The van der Waals surface area contributed by atoms with Gasteiger partial charge in [-0.2, -0.15) is 13.2 Å². The van der Waals surface area contributed by atoms with Crippen molar-refractivity contribution in [3.05, 3.63) is 30.0 Å². The Kier molecular flexibility index (Phi) is 5.77. The summed E-state index contributed by atoms with van der Waals surface area (Å²) in [6.45, 7) is 2.32. The van der Waals surface area contributed by atoms with E-state index in [-0.39, 0.29) is 29.9 Å². The number of aliphatic hydroxyl groups is 1. The van der Waals surface area contributed by atoms with Crippen LogP contribution in [0.5, 0.6) is 0 Å². The van der Waals surface area contributed by atoms with Gasteiger partial charge in [-0.25, -0.2) is 0 Å². The van der Waals surface area contributed by atoms with Gasteiger partial charge in [-0.1, -0.05) is 0 Å². The molecule has 1 aliphatic heterocycles. The molecule has 0 spiro atoms. The van der Waals surface area contributed by atoms with Gasteiger partial charge in [0, 0.05) is 25.7 Å². The molecule has 1 saturated heterocycles. The molecule has 0 saturated carbocycles. The first-order valence-corrected chi connectivity index (χ1v) is 8.56. The molecule has 9 heteroatoms. The van der Waals surface area contributed by atoms with Crippen molar-refractivity contribution in [2.75, 3.05) is 31.6 Å². The molecule has 26 heavy (non-hydrogen) atoms. The number of hydrogen-bond donors (Lipinski definition) is 2. The van der Waals surface area contributed by atoms with Gasteiger partial charge in [0.05, 0.1) is 6.26 Å². The highest BCUT2D eigenvalue weighted by molar-refractivity contribution is 5.57. The Morgan fingerprint density at radius 3 is 2.88 bits per heavy atom. The van der Waals surface area contributed by atoms with Gasteiger partial charge in [-0.05, 0) is 44.0 Å². The van der Waals surface area contributed by atoms with E-state index in [1.165, 1.54) is 12.3 Å². The zero-order valence-corrected chi connectivity index (χ0v) is 14.2. The average Bonchev–Trinajstić information content (AvgIpc) is 3.14. The number of piperidine rings is 1. The van der Waals surface area contributed by atoms with Crippen LogP contribution >= 0.6 is 0 Å². The Labute approximate surface area is 149 Å². The minimum atomic E-state index is -4.55. The van der Waals surface area contributed by atoms with Crippen LogP contribution in [0.2, 0.25) is 0 Å². The number of alkyl halides is 3. The van der Waals surface area contributed by atoms with Crippen LogP contribution in [0.4, 0.5) is 19.0 Å². The molecule has 2 aromatic heterocycles. The number of nitrogens with one attached hydrogen (secondary N) is 1. The molecule has 0 amide bonds. The van der Waals surface area contributed by atoms with Crippen molar-refractivity contribution in [2.45, 2.75) is 31.5 Å². The van der Waals surface area contributed by atoms with E-state index >= 15 is 0 Å². The highest BCUT2D eigenvalue weighted by atomic mass is 19.4. The van der Waals surface area contributed by atoms with Crippen LogP contribution in [0.25, 0.3) is 11.5 Å². The first-order valence-electron chi connectivity index (χ1n) is 8.56. The third kappa shape index (κ3) is 4.53. The number of halogens is 3. The molecule has 0 aliphatic carbocycles. The molecule has 0 aromatic carbocycles. The van der Waals surface area contributed by atoms with Crippen LogP contribution in [0, 0.1) is 0 Å². The number of aromatic nitrogens is 2. The summed E-state index contributed by atoms with van der Waals surface area (Å²) < 4.78 is 45.6. The van der Waals surface area contributed by atoms with E-state index in [1.54, 1.807) is 6.07 Å². The molecule has 1 aliphatic rings. The van der Waals surface area contributed by atoms with E-state index < -0.39 is 11.7 Å². The molecule has 1 unspecified atom stereocenters. The second-order valence-corrected chi connectivity index (χ2v) is 6.33. The lowest BCUT2D eigenvalue weighted by molar-refractivity contribution is -0.137. The summed E-state index contributed by atoms with van der Waals surface area (Å²) in [5, 5.41) is 19.5. The van der Waals surface area contributed by atoms with Crippen molar-refractivity contribution in [1.82, 2.24) is 15.1 Å². The normalized spacial score (nSPS) is 18.8. The van der Waals surface area contributed by atoms with Crippen LogP contribution < -0.4 is 5.32 Å². The van der Waals surface area contributed by atoms with Crippen molar-refractivity contribution in [2.24, 2.45) is 0 Å². The summed E-state index contributed by atoms with van der Waals surface area (Å²) in [5.41, 5.74) is -0.813. The Morgan fingerprint density at radius 2 is 2.19 bits per heavy atom. The molecular weight excluding hydrogens is 349 g/mol. The zero-order valence-electron chi connectivity index (χ0n) is 14.2. The topological polar surface area (TPSA) is 74.4 Å². The SMILES string of the molecule is OCCCN1CCCC(Nc2nnc(-c3ccco3)cc2C(F)(F)F)C1. The van der Waals surface area contributed by atoms with Gasteiger partial charge >= 0.3 is 6.18 Å². The number of nitrogens with zero attached hydrogens (tertiary/aromatic N) is 3. The van der Waals surface area contributed by atoms with Crippen LogP contribution in [-0.4, -0.2) is 52.5 Å². The molecule has 142 valence electrons. The number of furan rings is 1. The lowest BCUT2D eigenvalue weighted by atomic mass is 10.0. The van der Waals surface area contributed by atoms with Crippen LogP contribution in [0.3, 0.4) is 0 Å². The number of likely N-dealkylation sites (tertiary alicyclic amines) is 1. The van der Waals surface area contributed by atoms with Gasteiger partial charge < -0.3 is 19.7 Å². The Balaban J connectivity index is 1.78. The molecule has 3 heterocycles. The fraction of sp³-hybridized carbons (Fsp3) is 0.529. The van der Waals surface area contributed by atoms with E-state index in [0.29, 0.717) is 13.0 Å². The van der Waals surface area contributed by atoms with Crippen molar-refractivity contribution in [1.29, 1.82) is 0 Å². The number of anilines is 1. The molecule has 0 bridgehead atoms. The summed E-state index contributed by atoms with van der Waals surface area (Å²) >= 11 is 0. The smallest absolute Gasteiger partial charge is 0.420 e. The maximum atomic E-state index is 13.5. The van der Waals surface area contributed by atoms with Crippen molar-refractivity contribution >= 4 is 5.82 Å². The predicted molar refractivity (Wildman–Crippen MR) is 89.5 cm³/mol. The average molecular weight is 370 g/mol. The zero-order chi connectivity index (χ0) is 18.6. The third-order valence-corrected chi connectivity index (χ3v) is 4.35.